The van der Waals surface area contributed by atoms with Crippen molar-refractivity contribution < 1.29 is 8.42 Å². The predicted molar refractivity (Wildman–Crippen MR) is 75.5 cm³/mol. The number of benzene rings is 1. The van der Waals surface area contributed by atoms with E-state index >= 15 is 0 Å². The average Bonchev–Trinajstić information content (AvgIpc) is 2.94. The summed E-state index contributed by atoms with van der Waals surface area (Å²) in [7, 11) is -3.55. The molecule has 0 bridgehead atoms. The Morgan fingerprint density at radius 1 is 1.25 bits per heavy atom. The zero-order valence-electron chi connectivity index (χ0n) is 11.5. The van der Waals surface area contributed by atoms with Gasteiger partial charge in [0.05, 0.1) is 10.9 Å². The normalized spacial score (nSPS) is 13.3. The molecule has 0 fully saturated rings. The summed E-state index contributed by atoms with van der Waals surface area (Å²) in [6, 6.07) is 7.93. The van der Waals surface area contributed by atoms with Gasteiger partial charge in [0.2, 0.25) is 10.0 Å². The Kier molecular flexibility index (Phi) is 4.51. The van der Waals surface area contributed by atoms with Crippen molar-refractivity contribution in [3.8, 4) is 0 Å². The minimum atomic E-state index is -3.55. The molecule has 1 aromatic heterocycles. The fraction of sp³-hybridized carbons (Fsp3) is 0.385. The molecule has 0 amide bonds. The molecule has 0 aliphatic carbocycles. The van der Waals surface area contributed by atoms with Crippen molar-refractivity contribution in [2.24, 2.45) is 0 Å². The summed E-state index contributed by atoms with van der Waals surface area (Å²) in [6.07, 6.45) is 2.04. The van der Waals surface area contributed by atoms with E-state index in [9.17, 15) is 8.42 Å². The highest BCUT2D eigenvalue weighted by molar-refractivity contribution is 7.89. The monoisotopic (exact) mass is 294 g/mol. The quantitative estimate of drug-likeness (QED) is 0.880. The molecule has 6 nitrogen and oxygen atoms in total. The molecule has 0 saturated heterocycles. The first-order valence-corrected chi connectivity index (χ1v) is 8.02. The molecular formula is C13H18N4O2S. The van der Waals surface area contributed by atoms with Crippen LogP contribution in [0.2, 0.25) is 0 Å². The van der Waals surface area contributed by atoms with Crippen LogP contribution in [-0.4, -0.2) is 23.2 Å². The molecule has 1 heterocycles. The topological polar surface area (TPSA) is 76.9 Å². The summed E-state index contributed by atoms with van der Waals surface area (Å²) in [5.74, 6) is 0.634. The van der Waals surface area contributed by atoms with Crippen LogP contribution in [0.4, 0.5) is 0 Å². The van der Waals surface area contributed by atoms with Gasteiger partial charge in [0.15, 0.2) is 0 Å². The van der Waals surface area contributed by atoms with Crippen molar-refractivity contribution >= 4 is 10.0 Å². The van der Waals surface area contributed by atoms with E-state index in [1.165, 1.54) is 6.33 Å². The third kappa shape index (κ3) is 3.05. The van der Waals surface area contributed by atoms with E-state index in [2.05, 4.69) is 14.8 Å². The second-order valence-corrected chi connectivity index (χ2v) is 6.04. The molecule has 0 aliphatic rings. The van der Waals surface area contributed by atoms with Crippen molar-refractivity contribution in [3.05, 3.63) is 42.5 Å². The summed E-state index contributed by atoms with van der Waals surface area (Å²) < 4.78 is 29.0. The Balaban J connectivity index is 2.27. The third-order valence-corrected chi connectivity index (χ3v) is 4.50. The minimum absolute atomic E-state index is 0.251. The highest BCUT2D eigenvalue weighted by Crippen LogP contribution is 2.18. The van der Waals surface area contributed by atoms with Crippen LogP contribution in [0.15, 0.2) is 41.6 Å². The molecule has 0 saturated carbocycles. The standard InChI is InChI=1S/C13H18N4O2S/c1-3-12(13-14-10-15-17(13)4-2)16-20(18,19)11-8-6-5-7-9-11/h5-10,12,16H,3-4H2,1-2H3/t12-/m1/s1. The lowest BCUT2D eigenvalue weighted by Gasteiger charge is -2.17. The van der Waals surface area contributed by atoms with Gasteiger partial charge in [-0.05, 0) is 25.5 Å². The first-order valence-electron chi connectivity index (χ1n) is 6.53. The maximum absolute atomic E-state index is 12.3. The van der Waals surface area contributed by atoms with Crippen LogP contribution in [0.1, 0.15) is 32.1 Å². The second kappa shape index (κ2) is 6.15. The molecule has 0 aliphatic heterocycles. The number of nitrogens with zero attached hydrogens (tertiary/aromatic N) is 3. The van der Waals surface area contributed by atoms with Crippen LogP contribution in [-0.2, 0) is 16.6 Å². The molecule has 7 heteroatoms. The zero-order valence-corrected chi connectivity index (χ0v) is 12.3. The number of hydrogen-bond donors (Lipinski definition) is 1. The lowest BCUT2D eigenvalue weighted by atomic mass is 10.2. The molecule has 1 N–H and O–H groups in total. The predicted octanol–water partition coefficient (Wildman–Crippen LogP) is 1.73. The number of rotatable bonds is 6. The number of aryl methyl sites for hydroxylation is 1. The zero-order chi connectivity index (χ0) is 14.6. The van der Waals surface area contributed by atoms with E-state index < -0.39 is 10.0 Å². The van der Waals surface area contributed by atoms with Crippen LogP contribution in [0, 0.1) is 0 Å². The highest BCUT2D eigenvalue weighted by atomic mass is 32.2. The lowest BCUT2D eigenvalue weighted by molar-refractivity contribution is 0.503. The van der Waals surface area contributed by atoms with E-state index in [-0.39, 0.29) is 10.9 Å². The number of aromatic nitrogens is 3. The third-order valence-electron chi connectivity index (χ3n) is 3.02. The Bertz CT molecular complexity index is 652. The van der Waals surface area contributed by atoms with Crippen molar-refractivity contribution in [1.29, 1.82) is 0 Å². The first-order chi connectivity index (χ1) is 9.58. The van der Waals surface area contributed by atoms with Gasteiger partial charge in [-0.1, -0.05) is 25.1 Å². The van der Waals surface area contributed by atoms with Crippen LogP contribution >= 0.6 is 0 Å². The molecule has 2 aromatic rings. The summed E-state index contributed by atoms with van der Waals surface area (Å²) in [5, 5.41) is 4.08. The van der Waals surface area contributed by atoms with E-state index in [4.69, 9.17) is 0 Å². The van der Waals surface area contributed by atoms with Crippen LogP contribution < -0.4 is 4.72 Å². The Labute approximate surface area is 118 Å². The SMILES string of the molecule is CC[C@@H](NS(=O)(=O)c1ccccc1)c1ncnn1CC. The first kappa shape index (κ1) is 14.7. The van der Waals surface area contributed by atoms with E-state index in [0.29, 0.717) is 18.8 Å². The molecule has 0 radical (unpaired) electrons. The van der Waals surface area contributed by atoms with Gasteiger partial charge in [-0.15, -0.1) is 0 Å². The van der Waals surface area contributed by atoms with Gasteiger partial charge in [0.1, 0.15) is 12.2 Å². The smallest absolute Gasteiger partial charge is 0.241 e. The van der Waals surface area contributed by atoms with Crippen molar-refractivity contribution in [3.63, 3.8) is 0 Å². The van der Waals surface area contributed by atoms with Gasteiger partial charge in [0.25, 0.3) is 0 Å². The van der Waals surface area contributed by atoms with E-state index in [0.717, 1.165) is 0 Å². The lowest BCUT2D eigenvalue weighted by Crippen LogP contribution is -2.30. The molecule has 0 spiro atoms. The maximum Gasteiger partial charge on any atom is 0.241 e. The second-order valence-electron chi connectivity index (χ2n) is 4.33. The highest BCUT2D eigenvalue weighted by Gasteiger charge is 2.23. The summed E-state index contributed by atoms with van der Waals surface area (Å²) in [5.41, 5.74) is 0. The van der Waals surface area contributed by atoms with Crippen LogP contribution in [0.3, 0.4) is 0 Å². The Morgan fingerprint density at radius 2 is 1.95 bits per heavy atom. The molecule has 0 unspecified atom stereocenters. The van der Waals surface area contributed by atoms with Gasteiger partial charge < -0.3 is 0 Å². The molecule has 20 heavy (non-hydrogen) atoms. The van der Waals surface area contributed by atoms with Crippen LogP contribution in [0.5, 0.6) is 0 Å². The summed E-state index contributed by atoms with van der Waals surface area (Å²) in [4.78, 5) is 4.41. The van der Waals surface area contributed by atoms with Gasteiger partial charge >= 0.3 is 0 Å². The van der Waals surface area contributed by atoms with E-state index in [1.54, 1.807) is 35.0 Å². The van der Waals surface area contributed by atoms with Gasteiger partial charge in [-0.3, -0.25) is 0 Å². The fourth-order valence-corrected chi connectivity index (χ4v) is 3.26. The Morgan fingerprint density at radius 3 is 2.55 bits per heavy atom. The molecule has 1 atom stereocenters. The van der Waals surface area contributed by atoms with E-state index in [1.807, 2.05) is 13.8 Å². The van der Waals surface area contributed by atoms with Crippen molar-refractivity contribution in [2.75, 3.05) is 0 Å². The molecular weight excluding hydrogens is 276 g/mol. The Hall–Kier alpha value is -1.73. The van der Waals surface area contributed by atoms with Gasteiger partial charge in [-0.25, -0.2) is 22.8 Å². The molecule has 108 valence electrons. The van der Waals surface area contributed by atoms with Crippen molar-refractivity contribution in [1.82, 2.24) is 19.5 Å². The minimum Gasteiger partial charge on any atom is -0.249 e. The number of nitrogens with one attached hydrogen (secondary N) is 1. The average molecular weight is 294 g/mol. The largest absolute Gasteiger partial charge is 0.249 e. The van der Waals surface area contributed by atoms with Crippen LogP contribution in [0.25, 0.3) is 0 Å². The molecule has 1 aromatic carbocycles. The number of sulfonamides is 1. The van der Waals surface area contributed by atoms with Crippen molar-refractivity contribution in [2.45, 2.75) is 37.8 Å². The van der Waals surface area contributed by atoms with Gasteiger partial charge in [-0.2, -0.15) is 5.10 Å². The number of hydrogen-bond acceptors (Lipinski definition) is 4. The fourth-order valence-electron chi connectivity index (χ4n) is 1.96. The molecule has 2 rings (SSSR count). The summed E-state index contributed by atoms with van der Waals surface area (Å²) in [6.45, 7) is 4.50. The maximum atomic E-state index is 12.3. The van der Waals surface area contributed by atoms with Gasteiger partial charge in [0, 0.05) is 6.54 Å². The summed E-state index contributed by atoms with van der Waals surface area (Å²) >= 11 is 0.